The van der Waals surface area contributed by atoms with Crippen molar-refractivity contribution in [1.82, 2.24) is 4.57 Å². The first-order chi connectivity index (χ1) is 13.3. The molecule has 0 amide bonds. The maximum absolute atomic E-state index is 12.7. The summed E-state index contributed by atoms with van der Waals surface area (Å²) in [5.74, 6) is 0.521. The SMILES string of the molecule is COc1ccc(S(=O)(=O)Nc2ccc(=O)n(Cc3ccccc3Cl)c2)cc1Br. The van der Waals surface area contributed by atoms with Gasteiger partial charge in [-0.2, -0.15) is 0 Å². The summed E-state index contributed by atoms with van der Waals surface area (Å²) in [6, 6.07) is 14.3. The van der Waals surface area contributed by atoms with Crippen LogP contribution in [0.4, 0.5) is 5.69 Å². The van der Waals surface area contributed by atoms with E-state index in [1.54, 1.807) is 24.3 Å². The molecule has 1 N–H and O–H groups in total. The minimum Gasteiger partial charge on any atom is -0.496 e. The molecule has 0 aliphatic heterocycles. The average Bonchev–Trinajstić information content (AvgIpc) is 2.66. The standard InChI is InChI=1S/C19H16BrClN2O4S/c1-27-18-8-7-15(10-16(18)20)28(25,26)22-14-6-9-19(24)23(12-14)11-13-4-2-3-5-17(13)21/h2-10,12,22H,11H2,1H3. The van der Waals surface area contributed by atoms with E-state index in [-0.39, 0.29) is 22.7 Å². The zero-order valence-corrected chi connectivity index (χ0v) is 17.9. The lowest BCUT2D eigenvalue weighted by Crippen LogP contribution is -2.21. The van der Waals surface area contributed by atoms with Crippen molar-refractivity contribution in [1.29, 1.82) is 0 Å². The highest BCUT2D eigenvalue weighted by atomic mass is 79.9. The molecule has 0 spiro atoms. The van der Waals surface area contributed by atoms with Crippen LogP contribution in [0.25, 0.3) is 0 Å². The number of methoxy groups -OCH3 is 1. The lowest BCUT2D eigenvalue weighted by atomic mass is 10.2. The Kier molecular flexibility index (Phi) is 6.12. The van der Waals surface area contributed by atoms with Gasteiger partial charge in [0.25, 0.3) is 15.6 Å². The molecule has 3 rings (SSSR count). The predicted molar refractivity (Wildman–Crippen MR) is 113 cm³/mol. The molecule has 0 aliphatic rings. The zero-order chi connectivity index (χ0) is 20.3. The van der Waals surface area contributed by atoms with Gasteiger partial charge >= 0.3 is 0 Å². The normalized spacial score (nSPS) is 11.2. The first-order valence-corrected chi connectivity index (χ1v) is 10.8. The quantitative estimate of drug-likeness (QED) is 0.572. The molecule has 28 heavy (non-hydrogen) atoms. The van der Waals surface area contributed by atoms with Crippen LogP contribution in [0.1, 0.15) is 5.56 Å². The summed E-state index contributed by atoms with van der Waals surface area (Å²) in [4.78, 5) is 12.2. The fourth-order valence-corrected chi connectivity index (χ4v) is 4.51. The summed E-state index contributed by atoms with van der Waals surface area (Å²) in [5.41, 5.74) is 0.749. The highest BCUT2D eigenvalue weighted by Crippen LogP contribution is 2.28. The molecule has 1 heterocycles. The number of ether oxygens (including phenoxy) is 1. The van der Waals surface area contributed by atoms with E-state index < -0.39 is 10.0 Å². The number of benzene rings is 2. The molecule has 0 saturated heterocycles. The fraction of sp³-hybridized carbons (Fsp3) is 0.105. The lowest BCUT2D eigenvalue weighted by molar-refractivity contribution is 0.411. The topological polar surface area (TPSA) is 77.4 Å². The fourth-order valence-electron chi connectivity index (χ4n) is 2.55. The van der Waals surface area contributed by atoms with Crippen molar-refractivity contribution >= 4 is 43.2 Å². The number of hydrogen-bond acceptors (Lipinski definition) is 4. The summed E-state index contributed by atoms with van der Waals surface area (Å²) in [7, 11) is -2.35. The molecule has 0 unspecified atom stereocenters. The number of hydrogen-bond donors (Lipinski definition) is 1. The van der Waals surface area contributed by atoms with Gasteiger partial charge in [-0.3, -0.25) is 9.52 Å². The Balaban J connectivity index is 1.89. The van der Waals surface area contributed by atoms with Crippen LogP contribution in [0.15, 0.2) is 75.0 Å². The van der Waals surface area contributed by atoms with E-state index in [1.807, 2.05) is 6.07 Å². The predicted octanol–water partition coefficient (Wildman–Crippen LogP) is 4.12. The highest BCUT2D eigenvalue weighted by Gasteiger charge is 2.17. The summed E-state index contributed by atoms with van der Waals surface area (Å²) in [6.07, 6.45) is 1.45. The van der Waals surface area contributed by atoms with Crippen molar-refractivity contribution in [2.75, 3.05) is 11.8 Å². The number of nitrogens with zero attached hydrogens (tertiary/aromatic N) is 1. The first kappa shape index (κ1) is 20.4. The van der Waals surface area contributed by atoms with E-state index in [2.05, 4.69) is 20.7 Å². The molecule has 1 aromatic heterocycles. The molecule has 0 radical (unpaired) electrons. The number of pyridine rings is 1. The minimum absolute atomic E-state index is 0.0593. The van der Waals surface area contributed by atoms with E-state index in [1.165, 1.54) is 42.1 Å². The van der Waals surface area contributed by atoms with Crippen LogP contribution in [-0.2, 0) is 16.6 Å². The van der Waals surface area contributed by atoms with Gasteiger partial charge in [0.2, 0.25) is 0 Å². The number of halogens is 2. The van der Waals surface area contributed by atoms with Crippen molar-refractivity contribution in [3.63, 3.8) is 0 Å². The third kappa shape index (κ3) is 4.57. The van der Waals surface area contributed by atoms with E-state index >= 15 is 0 Å². The molecule has 0 bridgehead atoms. The van der Waals surface area contributed by atoms with Crippen molar-refractivity contribution < 1.29 is 13.2 Å². The number of aromatic nitrogens is 1. The molecular weight excluding hydrogens is 468 g/mol. The van der Waals surface area contributed by atoms with Gasteiger partial charge in [0.1, 0.15) is 5.75 Å². The lowest BCUT2D eigenvalue weighted by Gasteiger charge is -2.12. The van der Waals surface area contributed by atoms with Crippen molar-refractivity contribution in [3.05, 3.63) is 86.2 Å². The molecule has 0 fully saturated rings. The Morgan fingerprint density at radius 2 is 1.89 bits per heavy atom. The van der Waals surface area contributed by atoms with E-state index in [9.17, 15) is 13.2 Å². The second-order valence-corrected chi connectivity index (χ2v) is 8.82. The summed E-state index contributed by atoms with van der Waals surface area (Å²) in [6.45, 7) is 0.224. The number of anilines is 1. The molecular formula is C19H16BrClN2O4S. The first-order valence-electron chi connectivity index (χ1n) is 8.10. The summed E-state index contributed by atoms with van der Waals surface area (Å²) < 4.78 is 34.9. The van der Waals surface area contributed by atoms with Gasteiger partial charge in [0, 0.05) is 17.3 Å². The smallest absolute Gasteiger partial charge is 0.261 e. The van der Waals surface area contributed by atoms with Crippen LogP contribution >= 0.6 is 27.5 Å². The van der Waals surface area contributed by atoms with Crippen molar-refractivity contribution in [3.8, 4) is 5.75 Å². The van der Waals surface area contributed by atoms with Crippen LogP contribution in [-0.4, -0.2) is 20.1 Å². The third-order valence-electron chi connectivity index (χ3n) is 3.97. The number of nitrogens with one attached hydrogen (secondary N) is 1. The van der Waals surface area contributed by atoms with Gasteiger partial charge in [0.15, 0.2) is 0 Å². The maximum Gasteiger partial charge on any atom is 0.261 e. The van der Waals surface area contributed by atoms with E-state index in [4.69, 9.17) is 16.3 Å². The number of sulfonamides is 1. The Labute approximate surface area is 175 Å². The molecule has 2 aromatic carbocycles. The van der Waals surface area contributed by atoms with Crippen molar-refractivity contribution in [2.45, 2.75) is 11.4 Å². The van der Waals surface area contributed by atoms with Crippen LogP contribution in [0, 0.1) is 0 Å². The monoisotopic (exact) mass is 482 g/mol. The Hall–Kier alpha value is -2.29. The maximum atomic E-state index is 12.7. The minimum atomic E-state index is -3.85. The second kappa shape index (κ2) is 8.38. The molecule has 6 nitrogen and oxygen atoms in total. The van der Waals surface area contributed by atoms with Gasteiger partial charge in [-0.1, -0.05) is 29.8 Å². The molecule has 9 heteroatoms. The van der Waals surface area contributed by atoms with E-state index in [0.717, 1.165) is 5.56 Å². The van der Waals surface area contributed by atoms with E-state index in [0.29, 0.717) is 15.2 Å². The molecule has 0 aliphatic carbocycles. The third-order valence-corrected chi connectivity index (χ3v) is 6.34. The van der Waals surface area contributed by atoms with Gasteiger partial charge in [0.05, 0.1) is 28.7 Å². The Morgan fingerprint density at radius 1 is 1.14 bits per heavy atom. The van der Waals surface area contributed by atoms with Crippen LogP contribution in [0.5, 0.6) is 5.75 Å². The summed E-state index contributed by atoms with van der Waals surface area (Å²) in [5, 5.41) is 0.531. The second-order valence-electron chi connectivity index (χ2n) is 5.88. The van der Waals surface area contributed by atoms with Crippen LogP contribution in [0.3, 0.4) is 0 Å². The molecule has 3 aromatic rings. The van der Waals surface area contributed by atoms with Gasteiger partial charge in [-0.05, 0) is 51.8 Å². The van der Waals surface area contributed by atoms with Crippen LogP contribution < -0.4 is 15.0 Å². The largest absolute Gasteiger partial charge is 0.496 e. The summed E-state index contributed by atoms with van der Waals surface area (Å²) >= 11 is 9.43. The molecule has 0 saturated carbocycles. The molecule has 146 valence electrons. The number of rotatable bonds is 6. The Bertz CT molecular complexity index is 1180. The van der Waals surface area contributed by atoms with Gasteiger partial charge < -0.3 is 9.30 Å². The van der Waals surface area contributed by atoms with Gasteiger partial charge in [-0.25, -0.2) is 8.42 Å². The molecule has 0 atom stereocenters. The van der Waals surface area contributed by atoms with Gasteiger partial charge in [-0.15, -0.1) is 0 Å². The Morgan fingerprint density at radius 3 is 2.57 bits per heavy atom. The van der Waals surface area contributed by atoms with Crippen LogP contribution in [0.2, 0.25) is 5.02 Å². The van der Waals surface area contributed by atoms with Crippen molar-refractivity contribution in [2.24, 2.45) is 0 Å². The highest BCUT2D eigenvalue weighted by molar-refractivity contribution is 9.10. The zero-order valence-electron chi connectivity index (χ0n) is 14.7. The average molecular weight is 484 g/mol.